The molecule has 0 spiro atoms. The fourth-order valence-electron chi connectivity index (χ4n) is 3.45. The minimum absolute atomic E-state index is 0.182. The summed E-state index contributed by atoms with van der Waals surface area (Å²) in [6.07, 6.45) is 1.70. The van der Waals surface area contributed by atoms with Gasteiger partial charge in [-0.25, -0.2) is 9.37 Å². The van der Waals surface area contributed by atoms with Crippen LogP contribution >= 0.6 is 11.3 Å². The van der Waals surface area contributed by atoms with Gasteiger partial charge in [-0.3, -0.25) is 4.79 Å². The Morgan fingerprint density at radius 3 is 2.48 bits per heavy atom. The summed E-state index contributed by atoms with van der Waals surface area (Å²) in [4.78, 5) is 18.3. The monoisotopic (exact) mass is 431 g/mol. The predicted molar refractivity (Wildman–Crippen MR) is 124 cm³/mol. The van der Waals surface area contributed by atoms with Gasteiger partial charge >= 0.3 is 0 Å². The van der Waals surface area contributed by atoms with E-state index in [9.17, 15) is 9.18 Å². The van der Waals surface area contributed by atoms with Gasteiger partial charge in [-0.2, -0.15) is 0 Å². The first-order chi connectivity index (χ1) is 15.0. The van der Waals surface area contributed by atoms with Crippen LogP contribution in [0.25, 0.3) is 0 Å². The number of nitrogens with zero attached hydrogens (tertiary/aromatic N) is 1. The molecule has 0 aliphatic heterocycles. The molecular formula is C25H22FN3OS. The zero-order chi connectivity index (χ0) is 21.8. The summed E-state index contributed by atoms with van der Waals surface area (Å²) in [6, 6.07) is 20.8. The highest BCUT2D eigenvalue weighted by Crippen LogP contribution is 2.41. The average molecular weight is 432 g/mol. The number of carbonyl (C=O) groups excluding carboxylic acids is 1. The number of anilines is 2. The van der Waals surface area contributed by atoms with Crippen LogP contribution in [0.4, 0.5) is 15.2 Å². The van der Waals surface area contributed by atoms with Crippen molar-refractivity contribution < 1.29 is 9.18 Å². The molecule has 0 saturated carbocycles. The lowest BCUT2D eigenvalue weighted by molar-refractivity contribution is 0.102. The second-order valence-electron chi connectivity index (χ2n) is 7.19. The third-order valence-corrected chi connectivity index (χ3v) is 6.26. The van der Waals surface area contributed by atoms with Gasteiger partial charge in [0.25, 0.3) is 5.91 Å². The number of thiophene rings is 1. The molecule has 0 bridgehead atoms. The Bertz CT molecular complexity index is 1190. The molecule has 1 atom stereocenters. The maximum Gasteiger partial charge on any atom is 0.256 e. The summed E-state index contributed by atoms with van der Waals surface area (Å²) in [6.45, 7) is 4.04. The number of benzene rings is 2. The molecule has 4 nitrogen and oxygen atoms in total. The Kier molecular flexibility index (Phi) is 6.09. The molecule has 156 valence electrons. The Morgan fingerprint density at radius 2 is 1.77 bits per heavy atom. The second kappa shape index (κ2) is 9.10. The molecule has 4 aromatic rings. The van der Waals surface area contributed by atoms with Crippen LogP contribution in [-0.4, -0.2) is 10.9 Å². The normalized spacial score (nSPS) is 11.7. The van der Waals surface area contributed by atoms with Gasteiger partial charge in [0.15, 0.2) is 0 Å². The minimum Gasteiger partial charge on any atom is -0.359 e. The van der Waals surface area contributed by atoms with Crippen molar-refractivity contribution in [2.75, 3.05) is 10.6 Å². The highest BCUT2D eigenvalue weighted by Gasteiger charge is 2.25. The van der Waals surface area contributed by atoms with Crippen molar-refractivity contribution in [2.24, 2.45) is 0 Å². The summed E-state index contributed by atoms with van der Waals surface area (Å²) >= 11 is 1.52. The van der Waals surface area contributed by atoms with Gasteiger partial charge in [-0.15, -0.1) is 11.3 Å². The van der Waals surface area contributed by atoms with Crippen LogP contribution < -0.4 is 10.6 Å². The number of halogens is 1. The Morgan fingerprint density at radius 1 is 1.00 bits per heavy atom. The van der Waals surface area contributed by atoms with Crippen molar-refractivity contribution in [3.63, 3.8) is 0 Å². The van der Waals surface area contributed by atoms with Crippen molar-refractivity contribution in [2.45, 2.75) is 19.9 Å². The topological polar surface area (TPSA) is 54.0 Å². The van der Waals surface area contributed by atoms with E-state index >= 15 is 0 Å². The molecule has 1 amide bonds. The third-order valence-electron chi connectivity index (χ3n) is 5.12. The van der Waals surface area contributed by atoms with Crippen molar-refractivity contribution in [3.8, 4) is 0 Å². The number of aryl methyl sites for hydroxylation is 1. The molecule has 0 aliphatic carbocycles. The van der Waals surface area contributed by atoms with E-state index in [-0.39, 0.29) is 17.8 Å². The number of carbonyl (C=O) groups is 1. The number of hydrogen-bond acceptors (Lipinski definition) is 4. The van der Waals surface area contributed by atoms with Crippen LogP contribution in [0.1, 0.15) is 38.0 Å². The average Bonchev–Trinajstić information content (AvgIpc) is 3.06. The number of pyridine rings is 1. The number of aromatic nitrogens is 1. The summed E-state index contributed by atoms with van der Waals surface area (Å²) in [5.41, 5.74) is 3.29. The van der Waals surface area contributed by atoms with Crippen LogP contribution in [0.15, 0.2) is 79.0 Å². The lowest BCUT2D eigenvalue weighted by Crippen LogP contribution is -2.18. The first-order valence-corrected chi connectivity index (χ1v) is 10.7. The van der Waals surface area contributed by atoms with E-state index in [1.54, 1.807) is 24.4 Å². The van der Waals surface area contributed by atoms with E-state index in [2.05, 4.69) is 15.6 Å². The Balaban J connectivity index is 1.78. The summed E-state index contributed by atoms with van der Waals surface area (Å²) in [5.74, 6) is 0.170. The SMILES string of the molecule is Cc1sc(NC(=O)c2ccccc2)c([C@@H](Nc2ccccn2)c2cccc(F)c2)c1C. The molecule has 0 fully saturated rings. The van der Waals surface area contributed by atoms with E-state index in [0.717, 1.165) is 26.6 Å². The van der Waals surface area contributed by atoms with E-state index in [0.29, 0.717) is 11.4 Å². The highest BCUT2D eigenvalue weighted by atomic mass is 32.1. The summed E-state index contributed by atoms with van der Waals surface area (Å²) in [7, 11) is 0. The van der Waals surface area contributed by atoms with Gasteiger partial charge in [-0.1, -0.05) is 36.4 Å². The second-order valence-corrected chi connectivity index (χ2v) is 8.42. The van der Waals surface area contributed by atoms with E-state index in [1.165, 1.54) is 23.5 Å². The van der Waals surface area contributed by atoms with Gasteiger partial charge in [0, 0.05) is 22.2 Å². The molecule has 2 aromatic carbocycles. The van der Waals surface area contributed by atoms with Gasteiger partial charge in [-0.05, 0) is 61.4 Å². The smallest absolute Gasteiger partial charge is 0.256 e. The molecule has 6 heteroatoms. The predicted octanol–water partition coefficient (Wildman–Crippen LogP) is 6.35. The van der Waals surface area contributed by atoms with Crippen molar-refractivity contribution in [1.82, 2.24) is 4.98 Å². The number of hydrogen-bond donors (Lipinski definition) is 2. The first-order valence-electron chi connectivity index (χ1n) is 9.92. The maximum atomic E-state index is 14.1. The fourth-order valence-corrected chi connectivity index (χ4v) is 4.55. The standard InChI is InChI=1S/C25H22FN3OS/c1-16-17(2)31-25(29-24(30)18-9-4-3-5-10-18)22(16)23(19-11-8-12-20(26)15-19)28-21-13-6-7-14-27-21/h3-15,23H,1-2H3,(H,27,28)(H,29,30)/t23-/m0/s1. The molecule has 0 saturated heterocycles. The molecule has 0 radical (unpaired) electrons. The Labute approximate surface area is 184 Å². The minimum atomic E-state index is -0.387. The van der Waals surface area contributed by atoms with E-state index in [1.807, 2.05) is 56.3 Å². The third kappa shape index (κ3) is 4.64. The molecule has 2 aromatic heterocycles. The molecule has 31 heavy (non-hydrogen) atoms. The number of nitrogens with one attached hydrogen (secondary N) is 2. The quantitative estimate of drug-likeness (QED) is 0.374. The van der Waals surface area contributed by atoms with Gasteiger partial charge in [0.05, 0.1) is 6.04 Å². The molecule has 4 rings (SSSR count). The van der Waals surface area contributed by atoms with Crippen LogP contribution in [0.3, 0.4) is 0 Å². The molecule has 2 heterocycles. The zero-order valence-electron chi connectivity index (χ0n) is 17.2. The van der Waals surface area contributed by atoms with Gasteiger partial charge < -0.3 is 10.6 Å². The van der Waals surface area contributed by atoms with Crippen molar-refractivity contribution in [1.29, 1.82) is 0 Å². The lowest BCUT2D eigenvalue weighted by atomic mass is 9.96. The first kappa shape index (κ1) is 20.8. The largest absolute Gasteiger partial charge is 0.359 e. The highest BCUT2D eigenvalue weighted by molar-refractivity contribution is 7.16. The van der Waals surface area contributed by atoms with Crippen LogP contribution in [-0.2, 0) is 0 Å². The van der Waals surface area contributed by atoms with Gasteiger partial charge in [0.1, 0.15) is 16.6 Å². The van der Waals surface area contributed by atoms with Gasteiger partial charge in [0.2, 0.25) is 0 Å². The van der Waals surface area contributed by atoms with E-state index < -0.39 is 0 Å². The fraction of sp³-hybridized carbons (Fsp3) is 0.120. The molecule has 0 unspecified atom stereocenters. The Hall–Kier alpha value is -3.51. The number of rotatable bonds is 6. The molecular weight excluding hydrogens is 409 g/mol. The molecule has 0 aliphatic rings. The van der Waals surface area contributed by atoms with Crippen molar-refractivity contribution in [3.05, 3.63) is 112 Å². The van der Waals surface area contributed by atoms with Crippen LogP contribution in [0.2, 0.25) is 0 Å². The van der Waals surface area contributed by atoms with Crippen molar-refractivity contribution >= 4 is 28.1 Å². The van der Waals surface area contributed by atoms with Crippen LogP contribution in [0, 0.1) is 19.7 Å². The van der Waals surface area contributed by atoms with Crippen LogP contribution in [0.5, 0.6) is 0 Å². The molecule has 2 N–H and O–H groups in total. The van der Waals surface area contributed by atoms with E-state index in [4.69, 9.17) is 0 Å². The summed E-state index contributed by atoms with van der Waals surface area (Å²) < 4.78 is 14.1. The number of amides is 1. The summed E-state index contributed by atoms with van der Waals surface area (Å²) in [5, 5.41) is 7.23. The maximum absolute atomic E-state index is 14.1. The zero-order valence-corrected chi connectivity index (χ0v) is 18.0. The lowest BCUT2D eigenvalue weighted by Gasteiger charge is -2.22.